The number of hydrogen-bond acceptors (Lipinski definition) is 8. The van der Waals surface area contributed by atoms with Crippen molar-refractivity contribution in [2.24, 2.45) is 0 Å². The van der Waals surface area contributed by atoms with Crippen LogP contribution < -0.4 is 16.2 Å². The van der Waals surface area contributed by atoms with Crippen molar-refractivity contribution < 1.29 is 57.2 Å². The number of rotatable bonds is 11. The van der Waals surface area contributed by atoms with E-state index in [-0.39, 0.29) is 63.5 Å². The summed E-state index contributed by atoms with van der Waals surface area (Å²) in [4.78, 5) is 39.9. The van der Waals surface area contributed by atoms with Crippen LogP contribution in [0.4, 0.5) is 10.5 Å². The van der Waals surface area contributed by atoms with Gasteiger partial charge in [-0.3, -0.25) is 10.1 Å². The number of ether oxygens (including phenoxy) is 1. The van der Waals surface area contributed by atoms with E-state index >= 15 is 0 Å². The van der Waals surface area contributed by atoms with E-state index in [1.54, 1.807) is 12.1 Å². The van der Waals surface area contributed by atoms with Crippen molar-refractivity contribution in [1.29, 1.82) is 0 Å². The first-order chi connectivity index (χ1) is 25.8. The molecule has 1 aromatic heterocycles. The summed E-state index contributed by atoms with van der Waals surface area (Å²) in [7, 11) is 1.52. The number of nitrogens with zero attached hydrogens (tertiary/aromatic N) is 2. The average Bonchev–Trinajstić information content (AvgIpc) is 3.19. The second-order valence-electron chi connectivity index (χ2n) is 12.3. The number of likely N-dealkylation sites (tertiary alicyclic amines) is 1. The number of aromatic nitrogens is 1. The Morgan fingerprint density at radius 3 is 2.22 bits per heavy atom. The maximum atomic E-state index is 12.4. The van der Waals surface area contributed by atoms with Gasteiger partial charge in [-0.1, -0.05) is 98.8 Å². The Balaban J connectivity index is 0.000000357. The number of nitrogens with one attached hydrogen (secondary N) is 3. The van der Waals surface area contributed by atoms with E-state index in [4.69, 9.17) is 4.74 Å². The summed E-state index contributed by atoms with van der Waals surface area (Å²) in [6, 6.07) is 33.7. The number of aliphatic hydroxyl groups excluding tert-OH is 1. The Kier molecular flexibility index (Phi) is 21.2. The largest absolute Gasteiger partial charge is 0.656 e. The average molecular weight is 825 g/mol. The van der Waals surface area contributed by atoms with Crippen LogP contribution in [-0.2, 0) is 48.8 Å². The van der Waals surface area contributed by atoms with Crippen molar-refractivity contribution in [3.05, 3.63) is 143 Å². The predicted octanol–water partition coefficient (Wildman–Crippen LogP) is 7.82. The number of H-pyrrole nitrogens is 1. The predicted molar refractivity (Wildman–Crippen MR) is 217 cm³/mol. The third-order valence-corrected chi connectivity index (χ3v) is 8.72. The molecular weight excluding hydrogens is 771 g/mol. The zero-order valence-corrected chi connectivity index (χ0v) is 35.0. The molecule has 1 aliphatic heterocycles. The number of carbonyl (C=O) groups is 2. The van der Waals surface area contributed by atoms with Gasteiger partial charge < -0.3 is 47.7 Å². The molecule has 0 spiro atoms. The summed E-state index contributed by atoms with van der Waals surface area (Å²) < 4.78 is 5.62. The Hall–Kier alpha value is -4.39. The number of aromatic hydroxyl groups is 1. The third-order valence-electron chi connectivity index (χ3n) is 8.72. The zero-order chi connectivity index (χ0) is 38.0. The molecule has 0 aliphatic carbocycles. The molecule has 0 saturated carbocycles. The monoisotopic (exact) mass is 824 g/mol. The molecule has 1 fully saturated rings. The maximum absolute atomic E-state index is 12.4. The number of anilines is 1. The van der Waals surface area contributed by atoms with Gasteiger partial charge in [0.2, 0.25) is 5.56 Å². The van der Waals surface area contributed by atoms with Gasteiger partial charge in [-0.15, -0.1) is 7.05 Å². The van der Waals surface area contributed by atoms with Crippen LogP contribution in [0.1, 0.15) is 50.3 Å². The molecule has 0 bridgehead atoms. The van der Waals surface area contributed by atoms with Crippen molar-refractivity contribution in [1.82, 2.24) is 15.2 Å². The van der Waals surface area contributed by atoms with Crippen molar-refractivity contribution >= 4 is 28.6 Å². The summed E-state index contributed by atoms with van der Waals surface area (Å²) in [6.07, 6.45) is 0.705. The van der Waals surface area contributed by atoms with E-state index in [1.807, 2.05) is 98.8 Å². The number of amides is 2. The Morgan fingerprint density at radius 2 is 1.55 bits per heavy atom. The normalized spacial score (nSPS) is 12.9. The van der Waals surface area contributed by atoms with E-state index in [9.17, 15) is 24.6 Å². The van der Waals surface area contributed by atoms with Gasteiger partial charge in [0, 0.05) is 88.9 Å². The van der Waals surface area contributed by atoms with Gasteiger partial charge in [-0.25, -0.2) is 4.79 Å². The zero-order valence-electron chi connectivity index (χ0n) is 32.2. The number of benzene rings is 4. The van der Waals surface area contributed by atoms with Crippen molar-refractivity contribution in [2.45, 2.75) is 51.9 Å². The van der Waals surface area contributed by atoms with Crippen molar-refractivity contribution in [3.8, 4) is 16.9 Å². The van der Waals surface area contributed by atoms with Crippen LogP contribution >= 0.6 is 0 Å². The molecule has 0 unspecified atom stereocenters. The van der Waals surface area contributed by atoms with Gasteiger partial charge in [0.15, 0.2) is 0 Å². The fourth-order valence-corrected chi connectivity index (χ4v) is 5.98. The molecule has 11 nitrogen and oxygen atoms in total. The molecule has 1 aliphatic rings. The minimum Gasteiger partial charge on any atom is -0.656 e. The number of aliphatic hydroxyl groups is 1. The van der Waals surface area contributed by atoms with Gasteiger partial charge in [-0.2, -0.15) is 0 Å². The van der Waals surface area contributed by atoms with Crippen LogP contribution in [0.3, 0.4) is 0 Å². The van der Waals surface area contributed by atoms with E-state index in [2.05, 4.69) is 25.8 Å². The number of hydrogen-bond donors (Lipinski definition) is 5. The number of carbonyl (C=O) groups excluding carboxylic acids is 2. The molecule has 5 N–H and O–H groups in total. The maximum Gasteiger partial charge on any atom is 0.411 e. The van der Waals surface area contributed by atoms with Crippen LogP contribution in [0.2, 0.25) is 0 Å². The molecule has 2 heterocycles. The second kappa shape index (κ2) is 24.9. The summed E-state index contributed by atoms with van der Waals surface area (Å²) >= 11 is 0. The first kappa shape index (κ1) is 46.8. The number of fused-ring (bicyclic) bond motifs is 1. The smallest absolute Gasteiger partial charge is 0.411 e. The number of pyridine rings is 1. The van der Waals surface area contributed by atoms with Gasteiger partial charge in [0.1, 0.15) is 11.9 Å². The molecule has 2 amide bonds. The first-order valence-corrected chi connectivity index (χ1v) is 18.1. The number of phenolic OH excluding ortho intramolecular Hbond substituents is 1. The van der Waals surface area contributed by atoms with Crippen LogP contribution in [0.25, 0.3) is 27.3 Å². The van der Waals surface area contributed by atoms with E-state index in [0.29, 0.717) is 42.5 Å². The van der Waals surface area contributed by atoms with Crippen LogP contribution in [0.5, 0.6) is 5.75 Å². The number of phenols is 1. The number of piperidine rings is 1. The molecular formula is C43H53N5O6Y-2. The molecule has 1 saturated heterocycles. The van der Waals surface area contributed by atoms with Gasteiger partial charge in [-0.05, 0) is 47.7 Å². The minimum atomic E-state index is -0.743. The Bertz CT molecular complexity index is 1940. The summed E-state index contributed by atoms with van der Waals surface area (Å²) in [5, 5.41) is 30.7. The van der Waals surface area contributed by atoms with E-state index in [1.165, 1.54) is 19.2 Å². The molecule has 12 heteroatoms. The summed E-state index contributed by atoms with van der Waals surface area (Å²) in [5.74, 6) is -0.0827. The van der Waals surface area contributed by atoms with Gasteiger partial charge in [0.25, 0.3) is 0 Å². The molecule has 5 aromatic rings. The topological polar surface area (TPSA) is 158 Å². The molecule has 1 atom stereocenters. The van der Waals surface area contributed by atoms with Crippen LogP contribution in [0.15, 0.2) is 114 Å². The minimum absolute atomic E-state index is 0. The van der Waals surface area contributed by atoms with Crippen LogP contribution in [-0.4, -0.2) is 71.4 Å². The summed E-state index contributed by atoms with van der Waals surface area (Å²) in [6.45, 7) is 7.36. The van der Waals surface area contributed by atoms with Crippen molar-refractivity contribution in [3.63, 3.8) is 0 Å². The summed E-state index contributed by atoms with van der Waals surface area (Å²) in [5.41, 5.74) is 4.59. The van der Waals surface area contributed by atoms with Crippen LogP contribution in [0, 0.1) is 7.43 Å². The molecule has 291 valence electrons. The standard InChI is InChI=1S/C22H27N3O3.C18H18N2O3.C2H6.CH3.Y/c1-23-21(26)13-16-25-14-11-18(12-15-25)28-22(27)24-20-10-6-5-9-19(20)17-7-3-2-4-8-17;21-15-8-6-13(14-7-9-17(23)20-18(14)15)16(22)11-19-10-12-4-2-1-3-5-12;1-2;;/h2-10,18H,11-16H2,1H3,(H2,23,24,26,27);1-9,16,19,21-22H,10-11H2,(H,20,23);1-2H3;1H3;/q;;;-1;/p-1/t;16-;;;/m.0.../s1. The fourth-order valence-electron chi connectivity index (χ4n) is 5.98. The number of aromatic amines is 1. The molecule has 1 radical (unpaired) electrons. The molecule has 55 heavy (non-hydrogen) atoms. The Labute approximate surface area is 349 Å². The quantitative estimate of drug-likeness (QED) is 0.0845. The fraction of sp³-hybridized carbons (Fsp3) is 0.302. The SMILES string of the molecule is CC.C[N-]C(=O)CCN1CCC(OC(=O)Nc2ccccc2-c2ccccc2)CC1.O=c1ccc2c([C@@H](O)CNCc3ccccc3)ccc(O)c2[nH]1.[CH3-].[Y]. The van der Waals surface area contributed by atoms with Crippen molar-refractivity contribution in [2.75, 3.05) is 38.5 Å². The first-order valence-electron chi connectivity index (χ1n) is 18.1. The second-order valence-corrected chi connectivity index (χ2v) is 12.3. The van der Waals surface area contributed by atoms with Gasteiger partial charge in [0.05, 0.1) is 23.2 Å². The van der Waals surface area contributed by atoms with E-state index in [0.717, 1.165) is 48.3 Å². The van der Waals surface area contributed by atoms with Gasteiger partial charge >= 0.3 is 6.09 Å². The van der Waals surface area contributed by atoms with E-state index < -0.39 is 12.2 Å². The molecule has 6 rings (SSSR count). The third kappa shape index (κ3) is 14.7. The molecule has 4 aromatic carbocycles. The number of para-hydroxylation sites is 1. The Morgan fingerprint density at radius 1 is 0.909 bits per heavy atom.